The molecule has 116 valence electrons. The third kappa shape index (κ3) is 2.61. The molecule has 4 aromatic rings. The molecule has 0 N–H and O–H groups in total. The van der Waals surface area contributed by atoms with Crippen molar-refractivity contribution >= 4 is 22.5 Å². The molecule has 0 amide bonds. The zero-order valence-electron chi connectivity index (χ0n) is 12.8. The van der Waals surface area contributed by atoms with Crippen molar-refractivity contribution in [3.63, 3.8) is 0 Å². The third-order valence-electron chi connectivity index (χ3n) is 3.83. The van der Waals surface area contributed by atoms with Crippen LogP contribution in [0.5, 0.6) is 0 Å². The summed E-state index contributed by atoms with van der Waals surface area (Å²) in [6.07, 6.45) is 0. The second-order valence-corrected chi connectivity index (χ2v) is 5.41. The van der Waals surface area contributed by atoms with Crippen LogP contribution < -0.4 is 0 Å². The summed E-state index contributed by atoms with van der Waals surface area (Å²) >= 11 is 0. The van der Waals surface area contributed by atoms with E-state index in [4.69, 9.17) is 4.42 Å². The standard InChI is InChI=1S/C21H14FNO/c22-20(21-23-17-13-7-8-14-18(17)24-21)19(15-9-3-1-4-10-15)16-11-5-2-6-12-16/h1-14H. The average Bonchev–Trinajstić information content (AvgIpc) is 3.08. The fourth-order valence-corrected chi connectivity index (χ4v) is 2.70. The molecule has 1 aromatic heterocycles. The minimum atomic E-state index is -0.469. The molecule has 24 heavy (non-hydrogen) atoms. The molecule has 0 aliphatic heterocycles. The largest absolute Gasteiger partial charge is 0.434 e. The molecule has 0 fully saturated rings. The van der Waals surface area contributed by atoms with Crippen LogP contribution in [0.25, 0.3) is 22.5 Å². The lowest BCUT2D eigenvalue weighted by atomic mass is 9.97. The number of oxazole rings is 1. The van der Waals surface area contributed by atoms with Crippen LogP contribution in [0.2, 0.25) is 0 Å². The van der Waals surface area contributed by atoms with E-state index in [0.29, 0.717) is 16.7 Å². The van der Waals surface area contributed by atoms with Crippen LogP contribution in [0.1, 0.15) is 17.0 Å². The van der Waals surface area contributed by atoms with E-state index in [0.717, 1.165) is 11.1 Å². The molecule has 0 radical (unpaired) electrons. The Balaban J connectivity index is 1.95. The Labute approximate surface area is 138 Å². The molecule has 2 nitrogen and oxygen atoms in total. The van der Waals surface area contributed by atoms with Crippen molar-refractivity contribution in [1.29, 1.82) is 0 Å². The molecule has 0 unspecified atom stereocenters. The van der Waals surface area contributed by atoms with Crippen LogP contribution >= 0.6 is 0 Å². The van der Waals surface area contributed by atoms with E-state index in [1.807, 2.05) is 72.8 Å². The lowest BCUT2D eigenvalue weighted by Gasteiger charge is -2.09. The smallest absolute Gasteiger partial charge is 0.257 e. The number of hydrogen-bond acceptors (Lipinski definition) is 2. The molecular weight excluding hydrogens is 301 g/mol. The first-order valence-electron chi connectivity index (χ1n) is 7.69. The van der Waals surface area contributed by atoms with Gasteiger partial charge in [0.15, 0.2) is 11.4 Å². The van der Waals surface area contributed by atoms with Gasteiger partial charge in [-0.1, -0.05) is 72.8 Å². The van der Waals surface area contributed by atoms with Gasteiger partial charge in [0, 0.05) is 5.57 Å². The molecule has 4 rings (SSSR count). The number of fused-ring (bicyclic) bond motifs is 1. The highest BCUT2D eigenvalue weighted by molar-refractivity contribution is 5.95. The quantitative estimate of drug-likeness (QED) is 0.483. The second-order valence-electron chi connectivity index (χ2n) is 5.41. The van der Waals surface area contributed by atoms with Gasteiger partial charge < -0.3 is 4.42 Å². The minimum absolute atomic E-state index is 0.00101. The molecular formula is C21H14FNO. The monoisotopic (exact) mass is 315 g/mol. The van der Waals surface area contributed by atoms with Gasteiger partial charge in [0.1, 0.15) is 5.52 Å². The maximum Gasteiger partial charge on any atom is 0.257 e. The lowest BCUT2D eigenvalue weighted by molar-refractivity contribution is 0.555. The van der Waals surface area contributed by atoms with E-state index in [9.17, 15) is 0 Å². The maximum absolute atomic E-state index is 15.3. The number of benzene rings is 3. The maximum atomic E-state index is 15.3. The summed E-state index contributed by atoms with van der Waals surface area (Å²) in [5.74, 6) is -0.470. The lowest BCUT2D eigenvalue weighted by Crippen LogP contribution is -1.92. The number of aromatic nitrogens is 1. The molecule has 0 aliphatic carbocycles. The Morgan fingerprint density at radius 2 is 1.25 bits per heavy atom. The van der Waals surface area contributed by atoms with Crippen molar-refractivity contribution in [1.82, 2.24) is 4.98 Å². The topological polar surface area (TPSA) is 26.0 Å². The highest BCUT2D eigenvalue weighted by Gasteiger charge is 2.18. The molecule has 1 heterocycles. The third-order valence-corrected chi connectivity index (χ3v) is 3.83. The van der Waals surface area contributed by atoms with Crippen molar-refractivity contribution in [3.8, 4) is 0 Å². The van der Waals surface area contributed by atoms with Gasteiger partial charge in [-0.25, -0.2) is 9.37 Å². The van der Waals surface area contributed by atoms with Crippen molar-refractivity contribution in [2.45, 2.75) is 0 Å². The molecule has 3 heteroatoms. The van der Waals surface area contributed by atoms with E-state index in [-0.39, 0.29) is 5.89 Å². The number of nitrogens with zero attached hydrogens (tertiary/aromatic N) is 1. The fraction of sp³-hybridized carbons (Fsp3) is 0. The molecule has 0 spiro atoms. The zero-order valence-corrected chi connectivity index (χ0v) is 12.8. The van der Waals surface area contributed by atoms with Crippen LogP contribution in [0.3, 0.4) is 0 Å². The number of rotatable bonds is 3. The van der Waals surface area contributed by atoms with E-state index >= 15 is 4.39 Å². The van der Waals surface area contributed by atoms with Gasteiger partial charge in [0.25, 0.3) is 5.89 Å². The summed E-state index contributed by atoms with van der Waals surface area (Å²) in [7, 11) is 0. The van der Waals surface area contributed by atoms with Gasteiger partial charge in [-0.15, -0.1) is 0 Å². The Bertz CT molecular complexity index is 929. The number of hydrogen-bond donors (Lipinski definition) is 0. The van der Waals surface area contributed by atoms with E-state index in [1.54, 1.807) is 12.1 Å². The van der Waals surface area contributed by atoms with Crippen LogP contribution in [0, 0.1) is 0 Å². The van der Waals surface area contributed by atoms with Crippen LogP contribution in [-0.2, 0) is 0 Å². The molecule has 0 saturated carbocycles. The molecule has 0 saturated heterocycles. The van der Waals surface area contributed by atoms with Crippen molar-refractivity contribution in [2.24, 2.45) is 0 Å². The first-order valence-corrected chi connectivity index (χ1v) is 7.69. The predicted molar refractivity (Wildman–Crippen MR) is 93.9 cm³/mol. The average molecular weight is 315 g/mol. The van der Waals surface area contributed by atoms with Crippen molar-refractivity contribution in [3.05, 3.63) is 102 Å². The molecule has 0 bridgehead atoms. The first-order chi connectivity index (χ1) is 11.8. The van der Waals surface area contributed by atoms with E-state index in [2.05, 4.69) is 4.98 Å². The highest BCUT2D eigenvalue weighted by Crippen LogP contribution is 2.33. The van der Waals surface area contributed by atoms with Crippen molar-refractivity contribution in [2.75, 3.05) is 0 Å². The zero-order chi connectivity index (χ0) is 16.4. The van der Waals surface area contributed by atoms with E-state index < -0.39 is 5.83 Å². The summed E-state index contributed by atoms with van der Waals surface area (Å²) in [4.78, 5) is 4.29. The van der Waals surface area contributed by atoms with Gasteiger partial charge in [0.2, 0.25) is 0 Å². The summed E-state index contributed by atoms with van der Waals surface area (Å²) < 4.78 is 20.9. The Hall–Kier alpha value is -3.20. The summed E-state index contributed by atoms with van der Waals surface area (Å²) in [5.41, 5.74) is 3.25. The van der Waals surface area contributed by atoms with Crippen LogP contribution in [0.15, 0.2) is 89.3 Å². The first kappa shape index (κ1) is 14.4. The van der Waals surface area contributed by atoms with Gasteiger partial charge in [-0.05, 0) is 23.3 Å². The summed E-state index contributed by atoms with van der Waals surface area (Å²) in [6.45, 7) is 0. The SMILES string of the molecule is FC(=C(c1ccccc1)c1ccccc1)c1nc2ccccc2o1. The number of para-hydroxylation sites is 2. The highest BCUT2D eigenvalue weighted by atomic mass is 19.1. The summed E-state index contributed by atoms with van der Waals surface area (Å²) in [5, 5.41) is 0. The normalized spacial score (nSPS) is 10.7. The fourth-order valence-electron chi connectivity index (χ4n) is 2.70. The Morgan fingerprint density at radius 3 is 1.83 bits per heavy atom. The van der Waals surface area contributed by atoms with Gasteiger partial charge in [0.05, 0.1) is 0 Å². The van der Waals surface area contributed by atoms with Gasteiger partial charge >= 0.3 is 0 Å². The van der Waals surface area contributed by atoms with Crippen molar-refractivity contribution < 1.29 is 8.81 Å². The second kappa shape index (κ2) is 6.13. The van der Waals surface area contributed by atoms with Crippen LogP contribution in [0.4, 0.5) is 4.39 Å². The number of halogens is 1. The minimum Gasteiger partial charge on any atom is -0.434 e. The molecule has 0 atom stereocenters. The molecule has 0 aliphatic rings. The van der Waals surface area contributed by atoms with E-state index in [1.165, 1.54) is 0 Å². The summed E-state index contributed by atoms with van der Waals surface area (Å²) in [6, 6.07) is 26.2. The Morgan fingerprint density at radius 1 is 0.708 bits per heavy atom. The van der Waals surface area contributed by atoms with Gasteiger partial charge in [-0.2, -0.15) is 0 Å². The van der Waals surface area contributed by atoms with Crippen LogP contribution in [-0.4, -0.2) is 4.98 Å². The predicted octanol–water partition coefficient (Wildman–Crippen LogP) is 5.71. The van der Waals surface area contributed by atoms with Gasteiger partial charge in [-0.3, -0.25) is 0 Å². The Kier molecular flexibility index (Phi) is 3.67. The molecule has 3 aromatic carbocycles.